The molecule has 0 aliphatic carbocycles. The Kier molecular flexibility index (Phi) is 5.05. The van der Waals surface area contributed by atoms with Crippen LogP contribution in [0.3, 0.4) is 0 Å². The van der Waals surface area contributed by atoms with Gasteiger partial charge in [0.2, 0.25) is 0 Å². The molecule has 1 rings (SSSR count). The normalized spacial score (nSPS) is 23.9. The van der Waals surface area contributed by atoms with Gasteiger partial charge in [0.05, 0.1) is 13.0 Å². The van der Waals surface area contributed by atoms with Crippen LogP contribution in [0.5, 0.6) is 0 Å². The largest absolute Gasteiger partial charge is 0.469 e. The lowest BCUT2D eigenvalue weighted by Crippen LogP contribution is -2.46. The minimum Gasteiger partial charge on any atom is -0.469 e. The number of rotatable bonds is 4. The second-order valence-corrected chi connectivity index (χ2v) is 4.36. The molecule has 15 heavy (non-hydrogen) atoms. The highest BCUT2D eigenvalue weighted by molar-refractivity contribution is 5.72. The number of carbonyl (C=O) groups is 1. The van der Waals surface area contributed by atoms with E-state index in [0.717, 1.165) is 19.6 Å². The minimum atomic E-state index is -0.120. The van der Waals surface area contributed by atoms with Gasteiger partial charge in [0.25, 0.3) is 0 Å². The van der Waals surface area contributed by atoms with Crippen molar-refractivity contribution in [1.82, 2.24) is 10.2 Å². The van der Waals surface area contributed by atoms with Crippen LogP contribution in [0.1, 0.15) is 19.8 Å². The quantitative estimate of drug-likeness (QED) is 0.691. The molecule has 4 heteroatoms. The summed E-state index contributed by atoms with van der Waals surface area (Å²) in [5.41, 5.74) is 0. The molecule has 0 radical (unpaired) electrons. The van der Waals surface area contributed by atoms with Crippen LogP contribution in [-0.4, -0.2) is 50.7 Å². The Hall–Kier alpha value is -0.610. The molecule has 1 aliphatic heterocycles. The Morgan fingerprint density at radius 3 is 2.93 bits per heavy atom. The van der Waals surface area contributed by atoms with Crippen molar-refractivity contribution < 1.29 is 9.53 Å². The molecule has 4 nitrogen and oxygen atoms in total. The Labute approximate surface area is 92.0 Å². The van der Waals surface area contributed by atoms with Crippen LogP contribution >= 0.6 is 0 Å². The Morgan fingerprint density at radius 2 is 2.40 bits per heavy atom. The summed E-state index contributed by atoms with van der Waals surface area (Å²) < 4.78 is 4.72. The summed E-state index contributed by atoms with van der Waals surface area (Å²) in [6.07, 6.45) is 2.44. The Bertz CT molecular complexity index is 203. The average molecular weight is 214 g/mol. The first-order chi connectivity index (χ1) is 7.15. The smallest absolute Gasteiger partial charge is 0.309 e. The summed E-state index contributed by atoms with van der Waals surface area (Å²) in [6.45, 7) is 4.85. The standard InChI is InChI=1S/C11H22N2O2/c1-9(11(14)15-3)8-13(2)10-5-4-6-12-7-10/h9-10,12H,4-8H2,1-3H3. The van der Waals surface area contributed by atoms with E-state index < -0.39 is 0 Å². The zero-order chi connectivity index (χ0) is 11.3. The maximum atomic E-state index is 11.3. The van der Waals surface area contributed by atoms with Gasteiger partial charge in [0.1, 0.15) is 0 Å². The molecule has 0 spiro atoms. The number of carbonyl (C=O) groups excluding carboxylic acids is 1. The maximum Gasteiger partial charge on any atom is 0.309 e. The van der Waals surface area contributed by atoms with Crippen molar-refractivity contribution in [3.63, 3.8) is 0 Å². The zero-order valence-electron chi connectivity index (χ0n) is 9.95. The van der Waals surface area contributed by atoms with Gasteiger partial charge in [-0.25, -0.2) is 0 Å². The molecule has 2 atom stereocenters. The van der Waals surface area contributed by atoms with Gasteiger partial charge in [0, 0.05) is 19.1 Å². The third kappa shape index (κ3) is 3.80. The van der Waals surface area contributed by atoms with Crippen LogP contribution in [0.25, 0.3) is 0 Å². The first-order valence-corrected chi connectivity index (χ1v) is 5.64. The van der Waals surface area contributed by atoms with E-state index in [-0.39, 0.29) is 11.9 Å². The molecule has 0 amide bonds. The van der Waals surface area contributed by atoms with Crippen molar-refractivity contribution in [3.8, 4) is 0 Å². The molecule has 2 unspecified atom stereocenters. The molecule has 0 saturated carbocycles. The van der Waals surface area contributed by atoms with Crippen molar-refractivity contribution in [2.45, 2.75) is 25.8 Å². The average Bonchev–Trinajstić information content (AvgIpc) is 2.29. The second kappa shape index (κ2) is 6.08. The lowest BCUT2D eigenvalue weighted by atomic mass is 10.0. The number of nitrogens with zero attached hydrogens (tertiary/aromatic N) is 1. The molecule has 0 bridgehead atoms. The first kappa shape index (κ1) is 12.5. The number of piperidine rings is 1. The number of hydrogen-bond acceptors (Lipinski definition) is 4. The molecule has 1 saturated heterocycles. The number of nitrogens with one attached hydrogen (secondary N) is 1. The van der Waals surface area contributed by atoms with E-state index in [0.29, 0.717) is 6.04 Å². The predicted octanol–water partition coefficient (Wildman–Crippen LogP) is 0.479. The van der Waals surface area contributed by atoms with Crippen molar-refractivity contribution in [2.24, 2.45) is 5.92 Å². The van der Waals surface area contributed by atoms with Crippen molar-refractivity contribution in [3.05, 3.63) is 0 Å². The highest BCUT2D eigenvalue weighted by atomic mass is 16.5. The number of esters is 1. The van der Waals surface area contributed by atoms with Gasteiger partial charge < -0.3 is 15.0 Å². The second-order valence-electron chi connectivity index (χ2n) is 4.36. The van der Waals surface area contributed by atoms with E-state index in [4.69, 9.17) is 4.74 Å². The van der Waals surface area contributed by atoms with Crippen LogP contribution in [0.4, 0.5) is 0 Å². The predicted molar refractivity (Wildman–Crippen MR) is 59.7 cm³/mol. The van der Waals surface area contributed by atoms with Gasteiger partial charge in [-0.3, -0.25) is 4.79 Å². The van der Waals surface area contributed by atoms with Gasteiger partial charge in [0.15, 0.2) is 0 Å². The van der Waals surface area contributed by atoms with Crippen LogP contribution in [0.2, 0.25) is 0 Å². The van der Waals surface area contributed by atoms with E-state index in [1.807, 2.05) is 6.92 Å². The molecule has 0 aromatic carbocycles. The van der Waals surface area contributed by atoms with Crippen LogP contribution in [0.15, 0.2) is 0 Å². The highest BCUT2D eigenvalue weighted by Gasteiger charge is 2.22. The van der Waals surface area contributed by atoms with Crippen molar-refractivity contribution in [2.75, 3.05) is 33.8 Å². The van der Waals surface area contributed by atoms with E-state index in [1.54, 1.807) is 0 Å². The number of likely N-dealkylation sites (N-methyl/N-ethyl adjacent to an activating group) is 1. The number of hydrogen-bond donors (Lipinski definition) is 1. The van der Waals surface area contributed by atoms with Gasteiger partial charge in [-0.1, -0.05) is 6.92 Å². The summed E-state index contributed by atoms with van der Waals surface area (Å²) in [5.74, 6) is -0.160. The third-order valence-corrected chi connectivity index (χ3v) is 3.06. The summed E-state index contributed by atoms with van der Waals surface area (Å²) in [4.78, 5) is 13.5. The maximum absolute atomic E-state index is 11.3. The van der Waals surface area contributed by atoms with Gasteiger partial charge >= 0.3 is 5.97 Å². The SMILES string of the molecule is COC(=O)C(C)CN(C)C1CCCNC1. The number of ether oxygens (including phenoxy) is 1. The zero-order valence-corrected chi connectivity index (χ0v) is 9.95. The summed E-state index contributed by atoms with van der Waals surface area (Å²) in [5, 5.41) is 3.37. The third-order valence-electron chi connectivity index (χ3n) is 3.06. The van der Waals surface area contributed by atoms with E-state index >= 15 is 0 Å². The van der Waals surface area contributed by atoms with Crippen molar-refractivity contribution >= 4 is 5.97 Å². The van der Waals surface area contributed by atoms with Crippen molar-refractivity contribution in [1.29, 1.82) is 0 Å². The van der Waals surface area contributed by atoms with Crippen LogP contribution < -0.4 is 5.32 Å². The first-order valence-electron chi connectivity index (χ1n) is 5.64. The fourth-order valence-corrected chi connectivity index (χ4v) is 2.07. The molecular formula is C11H22N2O2. The number of methoxy groups -OCH3 is 1. The lowest BCUT2D eigenvalue weighted by Gasteiger charge is -2.32. The molecule has 0 aromatic heterocycles. The van der Waals surface area contributed by atoms with Crippen LogP contribution in [-0.2, 0) is 9.53 Å². The molecule has 0 aromatic rings. The fourth-order valence-electron chi connectivity index (χ4n) is 2.07. The lowest BCUT2D eigenvalue weighted by molar-refractivity contribution is -0.145. The molecule has 1 aliphatic rings. The van der Waals surface area contributed by atoms with Gasteiger partial charge in [-0.05, 0) is 26.4 Å². The van der Waals surface area contributed by atoms with E-state index in [2.05, 4.69) is 17.3 Å². The Morgan fingerprint density at radius 1 is 1.67 bits per heavy atom. The minimum absolute atomic E-state index is 0.0399. The fraction of sp³-hybridized carbons (Fsp3) is 0.909. The van der Waals surface area contributed by atoms with E-state index in [1.165, 1.54) is 20.0 Å². The van der Waals surface area contributed by atoms with Gasteiger partial charge in [-0.2, -0.15) is 0 Å². The van der Waals surface area contributed by atoms with Gasteiger partial charge in [-0.15, -0.1) is 0 Å². The molecule has 1 fully saturated rings. The Balaban J connectivity index is 2.33. The molecule has 88 valence electrons. The monoisotopic (exact) mass is 214 g/mol. The summed E-state index contributed by atoms with van der Waals surface area (Å²) in [7, 11) is 3.53. The highest BCUT2D eigenvalue weighted by Crippen LogP contribution is 2.11. The molecule has 1 heterocycles. The van der Waals surface area contributed by atoms with Crippen LogP contribution in [0, 0.1) is 5.92 Å². The molecule has 1 N–H and O–H groups in total. The topological polar surface area (TPSA) is 41.6 Å². The molecular weight excluding hydrogens is 192 g/mol. The van der Waals surface area contributed by atoms with E-state index in [9.17, 15) is 4.79 Å². The summed E-state index contributed by atoms with van der Waals surface area (Å²) >= 11 is 0. The summed E-state index contributed by atoms with van der Waals surface area (Å²) in [6, 6.07) is 0.561.